The van der Waals surface area contributed by atoms with E-state index in [1.807, 2.05) is 0 Å². The third-order valence-electron chi connectivity index (χ3n) is 3.72. The Morgan fingerprint density at radius 2 is 1.67 bits per heavy atom. The number of likely N-dealkylation sites (N-methyl/N-ethyl adjacent to an activating group) is 1. The molecule has 0 aliphatic rings. The van der Waals surface area contributed by atoms with Crippen molar-refractivity contribution in [1.29, 1.82) is 0 Å². The Labute approximate surface area is 115 Å². The number of nitrogens with one attached hydrogen (secondary N) is 1. The molecule has 0 rings (SSSR count). The second kappa shape index (κ2) is 8.89. The van der Waals surface area contributed by atoms with Crippen LogP contribution in [0.1, 0.15) is 41.0 Å². The van der Waals surface area contributed by atoms with Gasteiger partial charge in [-0.3, -0.25) is 0 Å². The molecule has 0 saturated carbocycles. The van der Waals surface area contributed by atoms with Gasteiger partial charge in [0.15, 0.2) is 0 Å². The lowest BCUT2D eigenvalue weighted by atomic mass is 9.84. The van der Waals surface area contributed by atoms with Crippen molar-refractivity contribution in [3.63, 3.8) is 0 Å². The summed E-state index contributed by atoms with van der Waals surface area (Å²) in [6.45, 7) is 17.2. The molecular weight excluding hydrogens is 222 g/mol. The third kappa shape index (κ3) is 7.34. The summed E-state index contributed by atoms with van der Waals surface area (Å²) in [5.41, 5.74) is 0.317. The smallest absolute Gasteiger partial charge is 0.0109 e. The molecule has 1 atom stereocenters. The topological polar surface area (TPSA) is 18.5 Å². The van der Waals surface area contributed by atoms with E-state index >= 15 is 0 Å². The van der Waals surface area contributed by atoms with Gasteiger partial charge in [0, 0.05) is 25.7 Å². The lowest BCUT2D eigenvalue weighted by Gasteiger charge is -2.38. The Morgan fingerprint density at radius 1 is 1.06 bits per heavy atom. The van der Waals surface area contributed by atoms with Gasteiger partial charge >= 0.3 is 0 Å². The average Bonchev–Trinajstić information content (AvgIpc) is 2.26. The van der Waals surface area contributed by atoms with Crippen LogP contribution in [0.5, 0.6) is 0 Å². The van der Waals surface area contributed by atoms with Gasteiger partial charge in [0.2, 0.25) is 0 Å². The van der Waals surface area contributed by atoms with E-state index in [0.29, 0.717) is 11.5 Å². The molecule has 0 heterocycles. The molecule has 1 N–H and O–H groups in total. The van der Waals surface area contributed by atoms with Crippen molar-refractivity contribution < 1.29 is 0 Å². The highest BCUT2D eigenvalue weighted by atomic mass is 15.2. The lowest BCUT2D eigenvalue weighted by Crippen LogP contribution is -2.48. The molecule has 3 nitrogen and oxygen atoms in total. The summed E-state index contributed by atoms with van der Waals surface area (Å²) >= 11 is 0. The van der Waals surface area contributed by atoms with E-state index in [9.17, 15) is 0 Å². The highest BCUT2D eigenvalue weighted by Gasteiger charge is 2.27. The number of hydrogen-bond acceptors (Lipinski definition) is 3. The van der Waals surface area contributed by atoms with Gasteiger partial charge in [-0.05, 0) is 45.9 Å². The normalized spacial score (nSPS) is 14.5. The van der Waals surface area contributed by atoms with Crippen LogP contribution in [0.2, 0.25) is 0 Å². The standard InChI is InChI=1S/C15H35N3/c1-8-10-18(12-11-17(6)7)13-15(4,5)14(3)16-9-2/h14,16H,8-13H2,1-7H3. The van der Waals surface area contributed by atoms with Crippen LogP contribution in [0, 0.1) is 5.41 Å². The summed E-state index contributed by atoms with van der Waals surface area (Å²) in [5, 5.41) is 3.56. The predicted octanol–water partition coefficient (Wildman–Crippen LogP) is 2.28. The van der Waals surface area contributed by atoms with Gasteiger partial charge in [0.1, 0.15) is 0 Å². The zero-order chi connectivity index (χ0) is 14.2. The summed E-state index contributed by atoms with van der Waals surface area (Å²) in [4.78, 5) is 4.87. The first-order chi connectivity index (χ1) is 8.33. The number of nitrogens with zero attached hydrogens (tertiary/aromatic N) is 2. The van der Waals surface area contributed by atoms with Gasteiger partial charge in [-0.1, -0.05) is 27.7 Å². The van der Waals surface area contributed by atoms with E-state index in [0.717, 1.165) is 13.1 Å². The minimum atomic E-state index is 0.317. The van der Waals surface area contributed by atoms with Gasteiger partial charge in [-0.15, -0.1) is 0 Å². The third-order valence-corrected chi connectivity index (χ3v) is 3.72. The second-order valence-corrected chi connectivity index (χ2v) is 6.35. The molecule has 3 heteroatoms. The minimum Gasteiger partial charge on any atom is -0.314 e. The Hall–Kier alpha value is -0.120. The first kappa shape index (κ1) is 17.9. The Bertz CT molecular complexity index is 202. The molecule has 0 fully saturated rings. The predicted molar refractivity (Wildman–Crippen MR) is 82.2 cm³/mol. The van der Waals surface area contributed by atoms with Crippen LogP contribution >= 0.6 is 0 Å². The zero-order valence-corrected chi connectivity index (χ0v) is 13.7. The van der Waals surface area contributed by atoms with Gasteiger partial charge in [0.05, 0.1) is 0 Å². The van der Waals surface area contributed by atoms with Crippen molar-refractivity contribution in [1.82, 2.24) is 15.1 Å². The van der Waals surface area contributed by atoms with Crippen molar-refractivity contribution in [2.45, 2.75) is 47.1 Å². The zero-order valence-electron chi connectivity index (χ0n) is 13.7. The van der Waals surface area contributed by atoms with E-state index in [4.69, 9.17) is 0 Å². The quantitative estimate of drug-likeness (QED) is 0.648. The van der Waals surface area contributed by atoms with E-state index in [1.54, 1.807) is 0 Å². The van der Waals surface area contributed by atoms with Gasteiger partial charge < -0.3 is 15.1 Å². The van der Waals surface area contributed by atoms with Crippen LogP contribution in [-0.4, -0.2) is 62.7 Å². The van der Waals surface area contributed by atoms with E-state index in [-0.39, 0.29) is 0 Å². The fraction of sp³-hybridized carbons (Fsp3) is 1.00. The van der Waals surface area contributed by atoms with Gasteiger partial charge in [0.25, 0.3) is 0 Å². The molecule has 0 aromatic carbocycles. The first-order valence-electron chi connectivity index (χ1n) is 7.44. The SMILES string of the molecule is CCCN(CCN(C)C)CC(C)(C)C(C)NCC. The maximum atomic E-state index is 3.56. The average molecular weight is 257 g/mol. The van der Waals surface area contributed by atoms with E-state index < -0.39 is 0 Å². The van der Waals surface area contributed by atoms with Crippen molar-refractivity contribution >= 4 is 0 Å². The molecule has 0 bridgehead atoms. The molecule has 1 unspecified atom stereocenters. The Balaban J connectivity index is 4.35. The molecule has 0 aromatic heterocycles. The number of rotatable bonds is 10. The van der Waals surface area contributed by atoms with Crippen molar-refractivity contribution in [3.05, 3.63) is 0 Å². The first-order valence-corrected chi connectivity index (χ1v) is 7.44. The highest BCUT2D eigenvalue weighted by molar-refractivity contribution is 4.83. The van der Waals surface area contributed by atoms with Crippen LogP contribution < -0.4 is 5.32 Å². The number of hydrogen-bond donors (Lipinski definition) is 1. The van der Waals surface area contributed by atoms with Crippen LogP contribution in [-0.2, 0) is 0 Å². The molecule has 0 radical (unpaired) electrons. The van der Waals surface area contributed by atoms with Crippen LogP contribution in [0.3, 0.4) is 0 Å². The van der Waals surface area contributed by atoms with Crippen molar-refractivity contribution in [2.24, 2.45) is 5.41 Å². The summed E-state index contributed by atoms with van der Waals surface area (Å²) in [6, 6.07) is 0.557. The minimum absolute atomic E-state index is 0.317. The van der Waals surface area contributed by atoms with Gasteiger partial charge in [-0.2, -0.15) is 0 Å². The molecule has 0 aromatic rings. The summed E-state index contributed by atoms with van der Waals surface area (Å²) < 4.78 is 0. The molecule has 110 valence electrons. The van der Waals surface area contributed by atoms with Crippen molar-refractivity contribution in [3.8, 4) is 0 Å². The molecular formula is C15H35N3. The highest BCUT2D eigenvalue weighted by Crippen LogP contribution is 2.22. The fourth-order valence-electron chi connectivity index (χ4n) is 2.22. The molecule has 0 amide bonds. The monoisotopic (exact) mass is 257 g/mol. The van der Waals surface area contributed by atoms with Crippen LogP contribution in [0.15, 0.2) is 0 Å². The molecule has 0 aliphatic heterocycles. The van der Waals surface area contributed by atoms with E-state index in [2.05, 4.69) is 63.8 Å². The molecule has 18 heavy (non-hydrogen) atoms. The summed E-state index contributed by atoms with van der Waals surface area (Å²) in [5.74, 6) is 0. The maximum absolute atomic E-state index is 3.56. The molecule has 0 saturated heterocycles. The van der Waals surface area contributed by atoms with Gasteiger partial charge in [-0.25, -0.2) is 0 Å². The fourth-order valence-corrected chi connectivity index (χ4v) is 2.22. The lowest BCUT2D eigenvalue weighted by molar-refractivity contribution is 0.135. The molecule has 0 aliphatic carbocycles. The summed E-state index contributed by atoms with van der Waals surface area (Å²) in [7, 11) is 4.30. The molecule has 0 spiro atoms. The maximum Gasteiger partial charge on any atom is 0.0109 e. The van der Waals surface area contributed by atoms with E-state index in [1.165, 1.54) is 26.1 Å². The Kier molecular flexibility index (Phi) is 8.83. The van der Waals surface area contributed by atoms with Crippen LogP contribution in [0.4, 0.5) is 0 Å². The van der Waals surface area contributed by atoms with Crippen LogP contribution in [0.25, 0.3) is 0 Å². The Morgan fingerprint density at radius 3 is 2.11 bits per heavy atom. The largest absolute Gasteiger partial charge is 0.314 e. The second-order valence-electron chi connectivity index (χ2n) is 6.35. The summed E-state index contributed by atoms with van der Waals surface area (Å²) in [6.07, 6.45) is 1.24. The van der Waals surface area contributed by atoms with Crippen molar-refractivity contribution in [2.75, 3.05) is 46.8 Å².